The van der Waals surface area contributed by atoms with Gasteiger partial charge >= 0.3 is 0 Å². The summed E-state index contributed by atoms with van der Waals surface area (Å²) in [6.07, 6.45) is 1.05. The van der Waals surface area contributed by atoms with E-state index < -0.39 is 16.6 Å². The van der Waals surface area contributed by atoms with Gasteiger partial charge in [-0.25, -0.2) is 0 Å². The van der Waals surface area contributed by atoms with Gasteiger partial charge in [0.1, 0.15) is 11.1 Å². The molecule has 2 fully saturated rings. The Kier molecular flexibility index (Phi) is 4.12. The van der Waals surface area contributed by atoms with Crippen LogP contribution in [0.1, 0.15) is 33.6 Å². The summed E-state index contributed by atoms with van der Waals surface area (Å²) < 4.78 is 10.8. The second kappa shape index (κ2) is 5.26. The van der Waals surface area contributed by atoms with Crippen molar-refractivity contribution in [1.82, 2.24) is 5.32 Å². The van der Waals surface area contributed by atoms with Crippen molar-refractivity contribution in [3.63, 3.8) is 0 Å². The second-order valence-corrected chi connectivity index (χ2v) is 6.55. The fourth-order valence-electron chi connectivity index (χ4n) is 2.96. The summed E-state index contributed by atoms with van der Waals surface area (Å²) >= 11 is 0. The van der Waals surface area contributed by atoms with Gasteiger partial charge in [-0.1, -0.05) is 13.8 Å². The van der Waals surface area contributed by atoms with E-state index in [1.165, 1.54) is 0 Å². The molecular weight excluding hydrogens is 260 g/mol. The van der Waals surface area contributed by atoms with Crippen LogP contribution < -0.4 is 11.1 Å². The third-order valence-corrected chi connectivity index (χ3v) is 4.90. The highest BCUT2D eigenvalue weighted by Gasteiger charge is 2.62. The Hall–Kier alpha value is -0.690. The van der Waals surface area contributed by atoms with Gasteiger partial charge in [-0.15, -0.1) is 0 Å². The minimum absolute atomic E-state index is 0.00107. The highest BCUT2D eigenvalue weighted by molar-refractivity contribution is 5.88. The number of aliphatic hydroxyl groups is 1. The van der Waals surface area contributed by atoms with Crippen molar-refractivity contribution in [3.05, 3.63) is 0 Å². The van der Waals surface area contributed by atoms with Crippen molar-refractivity contribution in [2.24, 2.45) is 11.1 Å². The van der Waals surface area contributed by atoms with Crippen molar-refractivity contribution in [2.45, 2.75) is 50.9 Å². The minimum Gasteiger partial charge on any atom is -0.386 e. The van der Waals surface area contributed by atoms with Gasteiger partial charge < -0.3 is 25.6 Å². The van der Waals surface area contributed by atoms with Crippen molar-refractivity contribution >= 4 is 5.91 Å². The van der Waals surface area contributed by atoms with Crippen LogP contribution in [-0.4, -0.2) is 54.6 Å². The van der Waals surface area contributed by atoms with E-state index in [2.05, 4.69) is 5.32 Å². The summed E-state index contributed by atoms with van der Waals surface area (Å²) in [5, 5.41) is 12.9. The molecule has 1 amide bonds. The van der Waals surface area contributed by atoms with Gasteiger partial charge in [0.2, 0.25) is 5.91 Å². The normalized spacial score (nSPS) is 39.4. The SMILES string of the molecule is CCOC1CC(N)(C(=O)NCC2(O)CCOC2)C1(C)C. The van der Waals surface area contributed by atoms with Gasteiger partial charge in [0.05, 0.1) is 12.7 Å². The molecule has 0 aromatic rings. The van der Waals surface area contributed by atoms with Gasteiger partial charge in [0.15, 0.2) is 0 Å². The predicted octanol–water partition coefficient (Wildman–Crippen LogP) is -0.213. The zero-order valence-corrected chi connectivity index (χ0v) is 12.6. The Bertz CT molecular complexity index is 379. The third kappa shape index (κ3) is 2.45. The molecule has 4 N–H and O–H groups in total. The fourth-order valence-corrected chi connectivity index (χ4v) is 2.96. The lowest BCUT2D eigenvalue weighted by atomic mass is 9.54. The number of hydrogen-bond donors (Lipinski definition) is 3. The third-order valence-electron chi connectivity index (χ3n) is 4.90. The first-order valence-electron chi connectivity index (χ1n) is 7.24. The lowest BCUT2D eigenvalue weighted by molar-refractivity contribution is -0.171. The van der Waals surface area contributed by atoms with Gasteiger partial charge in [-0.3, -0.25) is 4.79 Å². The molecule has 2 rings (SSSR count). The number of hydrogen-bond acceptors (Lipinski definition) is 5. The van der Waals surface area contributed by atoms with Crippen LogP contribution in [0.4, 0.5) is 0 Å². The van der Waals surface area contributed by atoms with E-state index in [0.717, 1.165) is 0 Å². The Morgan fingerprint density at radius 3 is 2.75 bits per heavy atom. The molecule has 0 aromatic heterocycles. The fraction of sp³-hybridized carbons (Fsp3) is 0.929. The van der Waals surface area contributed by atoms with Crippen LogP contribution in [0.15, 0.2) is 0 Å². The number of nitrogens with two attached hydrogens (primary N) is 1. The van der Waals surface area contributed by atoms with E-state index in [1.807, 2.05) is 20.8 Å². The van der Waals surface area contributed by atoms with E-state index in [0.29, 0.717) is 26.1 Å². The van der Waals surface area contributed by atoms with Crippen LogP contribution in [0.25, 0.3) is 0 Å². The number of carbonyl (C=O) groups is 1. The van der Waals surface area contributed by atoms with E-state index in [1.54, 1.807) is 0 Å². The highest BCUT2D eigenvalue weighted by atomic mass is 16.5. The molecule has 0 radical (unpaired) electrons. The van der Waals surface area contributed by atoms with Crippen molar-refractivity contribution in [1.29, 1.82) is 0 Å². The average Bonchev–Trinajstić information content (AvgIpc) is 2.83. The van der Waals surface area contributed by atoms with Crippen molar-refractivity contribution in [2.75, 3.05) is 26.4 Å². The molecule has 3 unspecified atom stereocenters. The Labute approximate surface area is 120 Å². The number of amides is 1. The molecule has 6 nitrogen and oxygen atoms in total. The minimum atomic E-state index is -0.959. The molecule has 1 saturated carbocycles. The molecule has 0 aromatic carbocycles. The maximum absolute atomic E-state index is 12.4. The van der Waals surface area contributed by atoms with Crippen LogP contribution in [0.5, 0.6) is 0 Å². The zero-order chi connectivity index (χ0) is 15.0. The second-order valence-electron chi connectivity index (χ2n) is 6.55. The Morgan fingerprint density at radius 1 is 1.55 bits per heavy atom. The van der Waals surface area contributed by atoms with Crippen LogP contribution in [0, 0.1) is 5.41 Å². The number of carbonyl (C=O) groups excluding carboxylic acids is 1. The van der Waals surface area contributed by atoms with E-state index >= 15 is 0 Å². The van der Waals surface area contributed by atoms with Gasteiger partial charge in [-0.2, -0.15) is 0 Å². The molecule has 0 spiro atoms. The lowest BCUT2D eigenvalue weighted by Gasteiger charge is -2.57. The molecule has 20 heavy (non-hydrogen) atoms. The monoisotopic (exact) mass is 286 g/mol. The number of rotatable bonds is 5. The molecule has 0 bridgehead atoms. The first-order chi connectivity index (χ1) is 9.25. The van der Waals surface area contributed by atoms with Crippen LogP contribution in [-0.2, 0) is 14.3 Å². The van der Waals surface area contributed by atoms with Gasteiger partial charge in [0.25, 0.3) is 0 Å². The molecule has 3 atom stereocenters. The number of ether oxygens (including phenoxy) is 2. The highest BCUT2D eigenvalue weighted by Crippen LogP contribution is 2.49. The molecule has 1 aliphatic carbocycles. The molecule has 6 heteroatoms. The maximum atomic E-state index is 12.4. The molecule has 1 heterocycles. The topological polar surface area (TPSA) is 93.8 Å². The zero-order valence-electron chi connectivity index (χ0n) is 12.6. The quantitative estimate of drug-likeness (QED) is 0.650. The Balaban J connectivity index is 1.92. The smallest absolute Gasteiger partial charge is 0.240 e. The van der Waals surface area contributed by atoms with Crippen LogP contribution >= 0.6 is 0 Å². The van der Waals surface area contributed by atoms with E-state index in [9.17, 15) is 9.90 Å². The van der Waals surface area contributed by atoms with Crippen molar-refractivity contribution in [3.8, 4) is 0 Å². The summed E-state index contributed by atoms with van der Waals surface area (Å²) in [5.74, 6) is -0.223. The molecular formula is C14H26N2O4. The average molecular weight is 286 g/mol. The molecule has 1 saturated heterocycles. The number of nitrogens with one attached hydrogen (secondary N) is 1. The molecule has 1 aliphatic heterocycles. The Morgan fingerprint density at radius 2 is 2.25 bits per heavy atom. The van der Waals surface area contributed by atoms with Crippen molar-refractivity contribution < 1.29 is 19.4 Å². The summed E-state index contributed by atoms with van der Waals surface area (Å²) in [6, 6.07) is 0. The summed E-state index contributed by atoms with van der Waals surface area (Å²) in [5.41, 5.74) is 3.95. The summed E-state index contributed by atoms with van der Waals surface area (Å²) in [4.78, 5) is 12.4. The van der Waals surface area contributed by atoms with Crippen LogP contribution in [0.2, 0.25) is 0 Å². The van der Waals surface area contributed by atoms with E-state index in [4.69, 9.17) is 15.2 Å². The maximum Gasteiger partial charge on any atom is 0.240 e. The largest absolute Gasteiger partial charge is 0.386 e. The van der Waals surface area contributed by atoms with E-state index in [-0.39, 0.29) is 25.2 Å². The molecule has 116 valence electrons. The van der Waals surface area contributed by atoms with Gasteiger partial charge in [0, 0.05) is 38.0 Å². The first-order valence-corrected chi connectivity index (χ1v) is 7.24. The summed E-state index contributed by atoms with van der Waals surface area (Å²) in [7, 11) is 0. The van der Waals surface area contributed by atoms with Gasteiger partial charge in [-0.05, 0) is 6.92 Å². The summed E-state index contributed by atoms with van der Waals surface area (Å²) in [6.45, 7) is 7.41. The first kappa shape index (κ1) is 15.7. The standard InChI is InChI=1S/C14H26N2O4/c1-4-20-10-7-14(15,12(10,2)3)11(17)16-8-13(18)5-6-19-9-13/h10,18H,4-9,15H2,1-3H3,(H,16,17). The lowest BCUT2D eigenvalue weighted by Crippen LogP contribution is -2.76. The molecule has 2 aliphatic rings. The predicted molar refractivity (Wildman–Crippen MR) is 74.1 cm³/mol. The van der Waals surface area contributed by atoms with Crippen LogP contribution in [0.3, 0.4) is 0 Å².